The molecule has 6 heteroatoms. The van der Waals surface area contributed by atoms with Gasteiger partial charge in [-0.05, 0) is 50.7 Å². The number of hydrogen-bond acceptors (Lipinski definition) is 3. The summed E-state index contributed by atoms with van der Waals surface area (Å²) in [6, 6.07) is 9.46. The van der Waals surface area contributed by atoms with Crippen LogP contribution in [0.2, 0.25) is 0 Å². The van der Waals surface area contributed by atoms with Crippen molar-refractivity contribution < 1.29 is 14.3 Å². The molecule has 0 bridgehead atoms. The Morgan fingerprint density at radius 3 is 2.35 bits per heavy atom. The maximum absolute atomic E-state index is 12.6. The van der Waals surface area contributed by atoms with Crippen LogP contribution in [0.5, 0.6) is 0 Å². The van der Waals surface area contributed by atoms with Gasteiger partial charge in [-0.25, -0.2) is 4.79 Å². The SMILES string of the molecule is O=C(Nc1ccccc1)N1CCC2(CC[C@@H](C(=O)N3CCCC3)O2)CC1. The second-order valence-corrected chi connectivity index (χ2v) is 7.64. The Balaban J connectivity index is 1.29. The molecule has 3 aliphatic rings. The van der Waals surface area contributed by atoms with Crippen molar-refractivity contribution in [2.45, 2.75) is 50.2 Å². The third-order valence-corrected chi connectivity index (χ3v) is 5.93. The molecule has 140 valence electrons. The van der Waals surface area contributed by atoms with E-state index in [-0.39, 0.29) is 23.6 Å². The number of hydrogen-bond donors (Lipinski definition) is 1. The van der Waals surface area contributed by atoms with Crippen molar-refractivity contribution in [3.8, 4) is 0 Å². The van der Waals surface area contributed by atoms with Gasteiger partial charge in [-0.1, -0.05) is 18.2 Å². The topological polar surface area (TPSA) is 61.9 Å². The molecule has 0 saturated carbocycles. The van der Waals surface area contributed by atoms with Crippen LogP contribution in [0.3, 0.4) is 0 Å². The first-order valence-corrected chi connectivity index (χ1v) is 9.73. The molecule has 0 radical (unpaired) electrons. The van der Waals surface area contributed by atoms with Gasteiger partial charge in [-0.2, -0.15) is 0 Å². The van der Waals surface area contributed by atoms with Crippen LogP contribution < -0.4 is 5.32 Å². The Labute approximate surface area is 154 Å². The van der Waals surface area contributed by atoms with E-state index in [1.54, 1.807) is 0 Å². The average molecular weight is 357 g/mol. The predicted molar refractivity (Wildman–Crippen MR) is 98.9 cm³/mol. The lowest BCUT2D eigenvalue weighted by Gasteiger charge is -2.39. The molecule has 1 aromatic carbocycles. The molecule has 0 unspecified atom stereocenters. The van der Waals surface area contributed by atoms with Crippen molar-refractivity contribution in [1.82, 2.24) is 9.80 Å². The normalized spacial score (nSPS) is 24.8. The summed E-state index contributed by atoms with van der Waals surface area (Å²) in [6.07, 6.45) is 5.27. The van der Waals surface area contributed by atoms with Crippen molar-refractivity contribution in [3.05, 3.63) is 30.3 Å². The molecule has 1 N–H and O–H groups in total. The summed E-state index contributed by atoms with van der Waals surface area (Å²) in [5, 5.41) is 2.94. The van der Waals surface area contributed by atoms with Gasteiger partial charge in [0, 0.05) is 31.9 Å². The summed E-state index contributed by atoms with van der Waals surface area (Å²) in [4.78, 5) is 28.8. The molecule has 6 nitrogen and oxygen atoms in total. The van der Waals surface area contributed by atoms with E-state index in [1.807, 2.05) is 40.1 Å². The minimum Gasteiger partial charge on any atom is -0.362 e. The van der Waals surface area contributed by atoms with Gasteiger partial charge in [0.1, 0.15) is 6.10 Å². The van der Waals surface area contributed by atoms with E-state index < -0.39 is 0 Å². The van der Waals surface area contributed by atoms with Gasteiger partial charge in [-0.3, -0.25) is 4.79 Å². The number of rotatable bonds is 2. The van der Waals surface area contributed by atoms with Crippen molar-refractivity contribution in [1.29, 1.82) is 0 Å². The standard InChI is InChI=1S/C20H27N3O3/c24-18(22-12-4-5-13-22)17-8-9-20(26-17)10-14-23(15-11-20)19(25)21-16-6-2-1-3-7-16/h1-3,6-7,17H,4-5,8-15H2,(H,21,25)/t17-/m0/s1. The smallest absolute Gasteiger partial charge is 0.321 e. The first-order valence-electron chi connectivity index (χ1n) is 9.73. The van der Waals surface area contributed by atoms with Crippen molar-refractivity contribution in [2.24, 2.45) is 0 Å². The molecule has 3 saturated heterocycles. The number of para-hydroxylation sites is 1. The number of anilines is 1. The molecular formula is C20H27N3O3. The zero-order valence-corrected chi connectivity index (χ0v) is 15.2. The number of carbonyl (C=O) groups excluding carboxylic acids is 2. The second kappa shape index (κ2) is 7.27. The van der Waals surface area contributed by atoms with Gasteiger partial charge in [-0.15, -0.1) is 0 Å². The van der Waals surface area contributed by atoms with Gasteiger partial charge in [0.15, 0.2) is 0 Å². The van der Waals surface area contributed by atoms with Crippen molar-refractivity contribution in [3.63, 3.8) is 0 Å². The maximum atomic E-state index is 12.6. The monoisotopic (exact) mass is 357 g/mol. The number of carbonyl (C=O) groups is 2. The van der Waals surface area contributed by atoms with Crippen molar-refractivity contribution >= 4 is 17.6 Å². The van der Waals surface area contributed by atoms with E-state index in [2.05, 4.69) is 5.32 Å². The summed E-state index contributed by atoms with van der Waals surface area (Å²) in [5.41, 5.74) is 0.593. The zero-order valence-electron chi connectivity index (χ0n) is 15.2. The molecular weight excluding hydrogens is 330 g/mol. The summed E-state index contributed by atoms with van der Waals surface area (Å²) in [7, 11) is 0. The lowest BCUT2D eigenvalue weighted by Crippen LogP contribution is -2.48. The number of urea groups is 1. The van der Waals surface area contributed by atoms with Gasteiger partial charge in [0.2, 0.25) is 0 Å². The van der Waals surface area contributed by atoms with E-state index in [0.717, 1.165) is 57.3 Å². The lowest BCUT2D eigenvalue weighted by atomic mass is 9.88. The summed E-state index contributed by atoms with van der Waals surface area (Å²) in [6.45, 7) is 3.09. The first kappa shape index (κ1) is 17.3. The van der Waals surface area contributed by atoms with E-state index >= 15 is 0 Å². The highest BCUT2D eigenvalue weighted by Crippen LogP contribution is 2.39. The molecule has 4 rings (SSSR count). The molecule has 3 fully saturated rings. The van der Waals surface area contributed by atoms with E-state index in [4.69, 9.17) is 4.74 Å². The second-order valence-electron chi connectivity index (χ2n) is 7.64. The highest BCUT2D eigenvalue weighted by atomic mass is 16.5. The Kier molecular flexibility index (Phi) is 4.85. The van der Waals surface area contributed by atoms with Gasteiger partial charge >= 0.3 is 6.03 Å². The van der Waals surface area contributed by atoms with Crippen LogP contribution in [-0.2, 0) is 9.53 Å². The first-order chi connectivity index (χ1) is 12.7. The van der Waals surface area contributed by atoms with Crippen LogP contribution >= 0.6 is 0 Å². The Morgan fingerprint density at radius 2 is 1.65 bits per heavy atom. The van der Waals surface area contributed by atoms with E-state index in [0.29, 0.717) is 13.1 Å². The molecule has 1 spiro atoms. The zero-order chi connectivity index (χ0) is 18.0. The molecule has 0 aliphatic carbocycles. The van der Waals surface area contributed by atoms with Crippen LogP contribution in [0.25, 0.3) is 0 Å². The molecule has 3 heterocycles. The summed E-state index contributed by atoms with van der Waals surface area (Å²) in [5.74, 6) is 0.170. The minimum absolute atomic E-state index is 0.0614. The third-order valence-electron chi connectivity index (χ3n) is 5.93. The van der Waals surface area contributed by atoms with E-state index in [1.165, 1.54) is 0 Å². The molecule has 3 amide bonds. The quantitative estimate of drug-likeness (QED) is 0.885. The predicted octanol–water partition coefficient (Wildman–Crippen LogP) is 2.85. The van der Waals surface area contributed by atoms with Crippen LogP contribution in [-0.4, -0.2) is 59.6 Å². The lowest BCUT2D eigenvalue weighted by molar-refractivity contribution is -0.149. The largest absolute Gasteiger partial charge is 0.362 e. The van der Waals surface area contributed by atoms with Crippen LogP contribution in [0.4, 0.5) is 10.5 Å². The molecule has 1 aromatic rings. The van der Waals surface area contributed by atoms with E-state index in [9.17, 15) is 9.59 Å². The summed E-state index contributed by atoms with van der Waals surface area (Å²) >= 11 is 0. The number of amides is 3. The number of benzene rings is 1. The average Bonchev–Trinajstić information content (AvgIpc) is 3.33. The van der Waals surface area contributed by atoms with Crippen LogP contribution in [0.1, 0.15) is 38.5 Å². The molecule has 26 heavy (non-hydrogen) atoms. The van der Waals surface area contributed by atoms with Gasteiger partial charge in [0.25, 0.3) is 5.91 Å². The third kappa shape index (κ3) is 3.56. The number of nitrogens with zero attached hydrogens (tertiary/aromatic N) is 2. The molecule has 1 atom stereocenters. The number of piperidine rings is 1. The Hall–Kier alpha value is -2.08. The fourth-order valence-electron chi connectivity index (χ4n) is 4.34. The van der Waals surface area contributed by atoms with Crippen LogP contribution in [0, 0.1) is 0 Å². The van der Waals surface area contributed by atoms with Crippen LogP contribution in [0.15, 0.2) is 30.3 Å². The highest BCUT2D eigenvalue weighted by molar-refractivity contribution is 5.89. The number of ether oxygens (including phenoxy) is 1. The highest BCUT2D eigenvalue weighted by Gasteiger charge is 2.46. The number of nitrogens with one attached hydrogen (secondary N) is 1. The summed E-state index contributed by atoms with van der Waals surface area (Å²) < 4.78 is 6.26. The Bertz CT molecular complexity index is 650. The minimum atomic E-state index is -0.280. The molecule has 0 aromatic heterocycles. The number of likely N-dealkylation sites (tertiary alicyclic amines) is 2. The Morgan fingerprint density at radius 1 is 0.962 bits per heavy atom. The maximum Gasteiger partial charge on any atom is 0.321 e. The fourth-order valence-corrected chi connectivity index (χ4v) is 4.34. The van der Waals surface area contributed by atoms with Crippen molar-refractivity contribution in [2.75, 3.05) is 31.5 Å². The fraction of sp³-hybridized carbons (Fsp3) is 0.600. The van der Waals surface area contributed by atoms with Gasteiger partial charge in [0.05, 0.1) is 5.60 Å². The van der Waals surface area contributed by atoms with Gasteiger partial charge < -0.3 is 19.9 Å². The molecule has 3 aliphatic heterocycles.